The van der Waals surface area contributed by atoms with Gasteiger partial charge in [0.15, 0.2) is 0 Å². The third kappa shape index (κ3) is 3.26. The fourth-order valence-corrected chi connectivity index (χ4v) is 1.15. The molecule has 0 unspecified atom stereocenters. The first-order valence-electron chi connectivity index (χ1n) is 4.82. The van der Waals surface area contributed by atoms with E-state index in [2.05, 4.69) is 15.7 Å². The van der Waals surface area contributed by atoms with E-state index in [9.17, 15) is 9.59 Å². The van der Waals surface area contributed by atoms with Gasteiger partial charge in [-0.05, 0) is 6.42 Å². The number of aryl methyl sites for hydroxylation is 1. The summed E-state index contributed by atoms with van der Waals surface area (Å²) in [5.41, 5.74) is 0.514. The molecule has 0 fully saturated rings. The van der Waals surface area contributed by atoms with Gasteiger partial charge < -0.3 is 15.7 Å². The molecule has 0 aliphatic carbocycles. The molecular weight excluding hydrogens is 212 g/mol. The number of carbonyl (C=O) groups excluding carboxylic acids is 1. The van der Waals surface area contributed by atoms with Gasteiger partial charge >= 0.3 is 12.0 Å². The molecule has 1 aromatic rings. The van der Waals surface area contributed by atoms with E-state index in [1.165, 1.54) is 10.9 Å². The summed E-state index contributed by atoms with van der Waals surface area (Å²) in [6, 6.07) is -1.43. The molecule has 88 valence electrons. The van der Waals surface area contributed by atoms with Crippen molar-refractivity contribution in [2.45, 2.75) is 19.4 Å². The molecule has 2 amide bonds. The molecule has 0 saturated carbocycles. The van der Waals surface area contributed by atoms with Gasteiger partial charge in [0.05, 0.1) is 11.9 Å². The third-order valence-electron chi connectivity index (χ3n) is 1.97. The zero-order chi connectivity index (χ0) is 12.1. The van der Waals surface area contributed by atoms with Crippen LogP contribution in [0.4, 0.5) is 10.5 Å². The summed E-state index contributed by atoms with van der Waals surface area (Å²) < 4.78 is 1.53. The van der Waals surface area contributed by atoms with Crippen LogP contribution in [0.25, 0.3) is 0 Å². The van der Waals surface area contributed by atoms with E-state index < -0.39 is 18.0 Å². The second-order valence-corrected chi connectivity index (χ2v) is 3.30. The monoisotopic (exact) mass is 226 g/mol. The Morgan fingerprint density at radius 2 is 2.31 bits per heavy atom. The van der Waals surface area contributed by atoms with Crippen LogP contribution in [-0.4, -0.2) is 32.9 Å². The highest BCUT2D eigenvalue weighted by atomic mass is 16.4. The number of aliphatic carboxylic acids is 1. The van der Waals surface area contributed by atoms with Crippen molar-refractivity contribution in [3.05, 3.63) is 12.4 Å². The summed E-state index contributed by atoms with van der Waals surface area (Å²) in [6.45, 7) is 1.68. The molecule has 1 rings (SSSR count). The highest BCUT2D eigenvalue weighted by molar-refractivity contribution is 5.91. The lowest BCUT2D eigenvalue weighted by molar-refractivity contribution is -0.139. The molecule has 0 aliphatic heterocycles. The number of carboxylic acid groups (broad SMARTS) is 1. The van der Waals surface area contributed by atoms with Gasteiger partial charge in [-0.3, -0.25) is 4.68 Å². The van der Waals surface area contributed by atoms with Crippen molar-refractivity contribution in [3.8, 4) is 0 Å². The number of nitrogens with one attached hydrogen (secondary N) is 2. The lowest BCUT2D eigenvalue weighted by Gasteiger charge is -2.12. The van der Waals surface area contributed by atoms with Crippen LogP contribution in [0.5, 0.6) is 0 Å². The molecule has 0 aromatic carbocycles. The molecule has 1 atom stereocenters. The van der Waals surface area contributed by atoms with Gasteiger partial charge in [0.1, 0.15) is 6.04 Å². The van der Waals surface area contributed by atoms with E-state index in [-0.39, 0.29) is 0 Å². The molecule has 0 saturated heterocycles. The number of anilines is 1. The summed E-state index contributed by atoms with van der Waals surface area (Å²) in [5, 5.41) is 17.4. The van der Waals surface area contributed by atoms with Crippen molar-refractivity contribution >= 4 is 17.7 Å². The van der Waals surface area contributed by atoms with Gasteiger partial charge in [-0.1, -0.05) is 6.92 Å². The van der Waals surface area contributed by atoms with E-state index in [1.807, 2.05) is 0 Å². The number of amides is 2. The first kappa shape index (κ1) is 12.0. The van der Waals surface area contributed by atoms with Gasteiger partial charge in [0.2, 0.25) is 0 Å². The van der Waals surface area contributed by atoms with E-state index in [0.717, 1.165) is 0 Å². The van der Waals surface area contributed by atoms with Crippen molar-refractivity contribution in [3.63, 3.8) is 0 Å². The van der Waals surface area contributed by atoms with Crippen LogP contribution in [0.1, 0.15) is 13.3 Å². The van der Waals surface area contributed by atoms with Gasteiger partial charge in [-0.25, -0.2) is 9.59 Å². The molecule has 3 N–H and O–H groups in total. The molecule has 0 radical (unpaired) electrons. The van der Waals surface area contributed by atoms with E-state index in [4.69, 9.17) is 5.11 Å². The van der Waals surface area contributed by atoms with Crippen molar-refractivity contribution < 1.29 is 14.7 Å². The van der Waals surface area contributed by atoms with Crippen molar-refractivity contribution in [1.82, 2.24) is 15.1 Å². The molecule has 16 heavy (non-hydrogen) atoms. The summed E-state index contributed by atoms with van der Waals surface area (Å²) in [5.74, 6) is -1.05. The fourth-order valence-electron chi connectivity index (χ4n) is 1.15. The Balaban J connectivity index is 2.50. The minimum atomic E-state index is -1.05. The predicted octanol–water partition coefficient (Wildman–Crippen LogP) is 0.405. The SMILES string of the molecule is CC[C@H](NC(=O)Nc1cnn(C)c1)C(=O)O. The normalized spacial score (nSPS) is 11.9. The average molecular weight is 226 g/mol. The lowest BCUT2D eigenvalue weighted by atomic mass is 10.2. The summed E-state index contributed by atoms with van der Waals surface area (Å²) in [4.78, 5) is 22.0. The first-order valence-corrected chi connectivity index (χ1v) is 4.82. The lowest BCUT2D eigenvalue weighted by Crippen LogP contribution is -2.42. The van der Waals surface area contributed by atoms with Gasteiger partial charge in [0, 0.05) is 13.2 Å². The maximum Gasteiger partial charge on any atom is 0.326 e. The number of hydrogen-bond donors (Lipinski definition) is 3. The van der Waals surface area contributed by atoms with E-state index in [1.54, 1.807) is 20.2 Å². The Hall–Kier alpha value is -2.05. The fraction of sp³-hybridized carbons (Fsp3) is 0.444. The van der Waals surface area contributed by atoms with Crippen molar-refractivity contribution in [1.29, 1.82) is 0 Å². The quantitative estimate of drug-likeness (QED) is 0.692. The average Bonchev–Trinajstić information content (AvgIpc) is 2.60. The maximum atomic E-state index is 11.4. The predicted molar refractivity (Wildman–Crippen MR) is 57.1 cm³/mol. The van der Waals surface area contributed by atoms with Crippen LogP contribution in [-0.2, 0) is 11.8 Å². The number of nitrogens with zero attached hydrogens (tertiary/aromatic N) is 2. The number of hydrogen-bond acceptors (Lipinski definition) is 3. The molecule has 7 nitrogen and oxygen atoms in total. The van der Waals surface area contributed by atoms with Crippen LogP contribution >= 0.6 is 0 Å². The van der Waals surface area contributed by atoms with Crippen LogP contribution in [0, 0.1) is 0 Å². The number of carboxylic acids is 1. The van der Waals surface area contributed by atoms with Crippen LogP contribution < -0.4 is 10.6 Å². The number of aromatic nitrogens is 2. The number of rotatable bonds is 4. The Kier molecular flexibility index (Phi) is 3.87. The van der Waals surface area contributed by atoms with Gasteiger partial charge in [0.25, 0.3) is 0 Å². The molecule has 0 spiro atoms. The molecule has 0 bridgehead atoms. The molecule has 7 heteroatoms. The van der Waals surface area contributed by atoms with E-state index in [0.29, 0.717) is 12.1 Å². The van der Waals surface area contributed by atoms with Crippen molar-refractivity contribution in [2.24, 2.45) is 7.05 Å². The zero-order valence-electron chi connectivity index (χ0n) is 9.10. The third-order valence-corrected chi connectivity index (χ3v) is 1.97. The standard InChI is InChI=1S/C9H14N4O3/c1-3-7(8(14)15)12-9(16)11-6-4-10-13(2)5-6/h4-5,7H,3H2,1-2H3,(H,14,15)(H2,11,12,16)/t7-/m0/s1. The Bertz CT molecular complexity index is 388. The zero-order valence-corrected chi connectivity index (χ0v) is 9.10. The topological polar surface area (TPSA) is 96.3 Å². The summed E-state index contributed by atoms with van der Waals surface area (Å²) in [7, 11) is 1.72. The molecular formula is C9H14N4O3. The van der Waals surface area contributed by atoms with Crippen LogP contribution in [0.15, 0.2) is 12.4 Å². The van der Waals surface area contributed by atoms with Crippen LogP contribution in [0.2, 0.25) is 0 Å². The number of urea groups is 1. The van der Waals surface area contributed by atoms with Crippen molar-refractivity contribution in [2.75, 3.05) is 5.32 Å². The van der Waals surface area contributed by atoms with E-state index >= 15 is 0 Å². The maximum absolute atomic E-state index is 11.4. The minimum absolute atomic E-state index is 0.329. The first-order chi connectivity index (χ1) is 7.52. The summed E-state index contributed by atoms with van der Waals surface area (Å²) in [6.07, 6.45) is 3.42. The highest BCUT2D eigenvalue weighted by Crippen LogP contribution is 2.03. The Morgan fingerprint density at radius 1 is 1.62 bits per heavy atom. The molecule has 1 heterocycles. The smallest absolute Gasteiger partial charge is 0.326 e. The molecule has 1 aromatic heterocycles. The number of carbonyl (C=O) groups is 2. The van der Waals surface area contributed by atoms with Crippen LogP contribution in [0.3, 0.4) is 0 Å². The van der Waals surface area contributed by atoms with Gasteiger partial charge in [-0.2, -0.15) is 5.10 Å². The molecule has 0 aliphatic rings. The Labute approximate surface area is 92.4 Å². The van der Waals surface area contributed by atoms with Gasteiger partial charge in [-0.15, -0.1) is 0 Å². The highest BCUT2D eigenvalue weighted by Gasteiger charge is 2.17. The second-order valence-electron chi connectivity index (χ2n) is 3.30. The minimum Gasteiger partial charge on any atom is -0.480 e. The second kappa shape index (κ2) is 5.15. The Morgan fingerprint density at radius 3 is 2.75 bits per heavy atom. The summed E-state index contributed by atoms with van der Waals surface area (Å²) >= 11 is 0. The largest absolute Gasteiger partial charge is 0.480 e.